The van der Waals surface area contributed by atoms with E-state index < -0.39 is 22.2 Å². The van der Waals surface area contributed by atoms with Gasteiger partial charge in [-0.15, -0.1) is 0 Å². The first-order valence-electron chi connectivity index (χ1n) is 6.86. The van der Waals surface area contributed by atoms with Gasteiger partial charge in [-0.25, -0.2) is 0 Å². The SMILES string of the molecule is COC(=O)C[C@]1(C)C(=O)CC(C)(C)[C@@H]2OC(=O)C[C@@]21C. The lowest BCUT2D eigenvalue weighted by molar-refractivity contribution is -0.175. The van der Waals surface area contributed by atoms with Crippen molar-refractivity contribution in [2.24, 2.45) is 16.2 Å². The monoisotopic (exact) mass is 282 g/mol. The van der Waals surface area contributed by atoms with E-state index in [2.05, 4.69) is 0 Å². The Morgan fingerprint density at radius 2 is 1.85 bits per heavy atom. The summed E-state index contributed by atoms with van der Waals surface area (Å²) >= 11 is 0. The van der Waals surface area contributed by atoms with Gasteiger partial charge in [0.25, 0.3) is 0 Å². The molecule has 5 nitrogen and oxygen atoms in total. The average molecular weight is 282 g/mol. The number of methoxy groups -OCH3 is 1. The molecule has 5 heteroatoms. The molecule has 1 saturated heterocycles. The second kappa shape index (κ2) is 4.30. The van der Waals surface area contributed by atoms with Crippen LogP contribution in [-0.4, -0.2) is 30.9 Å². The molecular weight excluding hydrogens is 260 g/mol. The maximum Gasteiger partial charge on any atom is 0.306 e. The lowest BCUT2D eigenvalue weighted by atomic mass is 9.48. The summed E-state index contributed by atoms with van der Waals surface area (Å²) in [5, 5.41) is 0. The standard InChI is InChI=1S/C15H22O5/c1-13(2)6-9(16)14(3,7-10(17)19-5)15(4)8-11(18)20-12(13)15/h12H,6-8H2,1-5H3/t12-,14+,15-/m0/s1. The summed E-state index contributed by atoms with van der Waals surface area (Å²) in [4.78, 5) is 36.2. The van der Waals surface area contributed by atoms with Gasteiger partial charge in [0.05, 0.1) is 20.0 Å². The molecule has 20 heavy (non-hydrogen) atoms. The van der Waals surface area contributed by atoms with E-state index in [1.165, 1.54) is 7.11 Å². The molecule has 1 heterocycles. The van der Waals surface area contributed by atoms with Crippen LogP contribution in [0.1, 0.15) is 47.0 Å². The fraction of sp³-hybridized carbons (Fsp3) is 0.800. The van der Waals surface area contributed by atoms with Crippen molar-refractivity contribution in [2.75, 3.05) is 7.11 Å². The van der Waals surface area contributed by atoms with E-state index in [4.69, 9.17) is 9.47 Å². The Morgan fingerprint density at radius 3 is 2.40 bits per heavy atom. The van der Waals surface area contributed by atoms with Crippen molar-refractivity contribution in [1.82, 2.24) is 0 Å². The first-order chi connectivity index (χ1) is 9.07. The molecule has 1 aliphatic carbocycles. The van der Waals surface area contributed by atoms with Crippen LogP contribution in [0.4, 0.5) is 0 Å². The predicted octanol–water partition coefficient (Wildman–Crippen LogP) is 1.88. The zero-order valence-electron chi connectivity index (χ0n) is 12.7. The number of carbonyl (C=O) groups is 3. The van der Waals surface area contributed by atoms with Crippen molar-refractivity contribution in [3.8, 4) is 0 Å². The van der Waals surface area contributed by atoms with E-state index in [9.17, 15) is 14.4 Å². The number of esters is 2. The Morgan fingerprint density at radius 1 is 1.25 bits per heavy atom. The van der Waals surface area contributed by atoms with Crippen molar-refractivity contribution in [1.29, 1.82) is 0 Å². The highest BCUT2D eigenvalue weighted by molar-refractivity contribution is 5.92. The van der Waals surface area contributed by atoms with Crippen molar-refractivity contribution < 1.29 is 23.9 Å². The summed E-state index contributed by atoms with van der Waals surface area (Å²) in [6.07, 6.45) is 0.103. The summed E-state index contributed by atoms with van der Waals surface area (Å²) in [7, 11) is 1.30. The fourth-order valence-corrected chi connectivity index (χ4v) is 3.88. The molecule has 1 saturated carbocycles. The van der Waals surface area contributed by atoms with E-state index in [1.54, 1.807) is 6.92 Å². The Kier molecular flexibility index (Phi) is 3.23. The molecular formula is C15H22O5. The molecule has 2 rings (SSSR count). The molecule has 0 N–H and O–H groups in total. The molecule has 0 aromatic carbocycles. The zero-order chi connectivity index (χ0) is 15.3. The third-order valence-corrected chi connectivity index (χ3v) is 5.27. The minimum Gasteiger partial charge on any atom is -0.469 e. The Bertz CT molecular complexity index is 481. The van der Waals surface area contributed by atoms with E-state index in [0.717, 1.165) is 0 Å². The summed E-state index contributed by atoms with van der Waals surface area (Å²) in [6.45, 7) is 7.51. The maximum absolute atomic E-state index is 12.7. The Hall–Kier alpha value is -1.39. The molecule has 0 bridgehead atoms. The highest BCUT2D eigenvalue weighted by atomic mass is 16.6. The van der Waals surface area contributed by atoms with Crippen LogP contribution in [0.15, 0.2) is 0 Å². The fourth-order valence-electron chi connectivity index (χ4n) is 3.88. The van der Waals surface area contributed by atoms with Crippen molar-refractivity contribution >= 4 is 17.7 Å². The van der Waals surface area contributed by atoms with Crippen LogP contribution in [-0.2, 0) is 23.9 Å². The van der Waals surface area contributed by atoms with Gasteiger partial charge in [0, 0.05) is 22.7 Å². The normalized spacial score (nSPS) is 39.1. The lowest BCUT2D eigenvalue weighted by Crippen LogP contribution is -2.59. The summed E-state index contributed by atoms with van der Waals surface area (Å²) < 4.78 is 10.2. The molecule has 2 fully saturated rings. The summed E-state index contributed by atoms with van der Waals surface area (Å²) in [5.74, 6) is -0.721. The number of ether oxygens (including phenoxy) is 2. The number of fused-ring (bicyclic) bond motifs is 1. The van der Waals surface area contributed by atoms with Crippen LogP contribution in [0, 0.1) is 16.2 Å². The van der Waals surface area contributed by atoms with Crippen molar-refractivity contribution in [3.63, 3.8) is 0 Å². The second-order valence-corrected chi connectivity index (χ2v) is 7.14. The number of hydrogen-bond acceptors (Lipinski definition) is 5. The van der Waals surface area contributed by atoms with Gasteiger partial charge in [0.2, 0.25) is 0 Å². The molecule has 3 atom stereocenters. The first-order valence-corrected chi connectivity index (χ1v) is 6.86. The number of rotatable bonds is 2. The highest BCUT2D eigenvalue weighted by Crippen LogP contribution is 2.61. The van der Waals surface area contributed by atoms with E-state index in [-0.39, 0.29) is 30.7 Å². The quantitative estimate of drug-likeness (QED) is 0.723. The van der Waals surface area contributed by atoms with E-state index in [0.29, 0.717) is 6.42 Å². The highest BCUT2D eigenvalue weighted by Gasteiger charge is 2.67. The molecule has 0 aromatic heterocycles. The van der Waals surface area contributed by atoms with Gasteiger partial charge in [-0.2, -0.15) is 0 Å². The van der Waals surface area contributed by atoms with Crippen LogP contribution in [0.3, 0.4) is 0 Å². The molecule has 112 valence electrons. The van der Waals surface area contributed by atoms with Gasteiger partial charge in [0.15, 0.2) is 0 Å². The van der Waals surface area contributed by atoms with Gasteiger partial charge in [-0.05, 0) is 0 Å². The van der Waals surface area contributed by atoms with Gasteiger partial charge in [-0.1, -0.05) is 27.7 Å². The van der Waals surface area contributed by atoms with Crippen LogP contribution < -0.4 is 0 Å². The van der Waals surface area contributed by atoms with Gasteiger partial charge in [0.1, 0.15) is 11.9 Å². The summed E-state index contributed by atoms with van der Waals surface area (Å²) in [6, 6.07) is 0. The van der Waals surface area contributed by atoms with Crippen molar-refractivity contribution in [2.45, 2.75) is 53.1 Å². The largest absolute Gasteiger partial charge is 0.469 e. The average Bonchev–Trinajstić information content (AvgIpc) is 2.65. The predicted molar refractivity (Wildman–Crippen MR) is 70.7 cm³/mol. The van der Waals surface area contributed by atoms with Crippen LogP contribution in [0.5, 0.6) is 0 Å². The molecule has 0 amide bonds. The smallest absolute Gasteiger partial charge is 0.306 e. The summed E-state index contributed by atoms with van der Waals surface area (Å²) in [5.41, 5.74) is -2.00. The molecule has 2 aliphatic rings. The van der Waals surface area contributed by atoms with Crippen LogP contribution in [0.2, 0.25) is 0 Å². The number of Topliss-reactive ketones (excluding diaryl/α,β-unsaturated/α-hetero) is 1. The van der Waals surface area contributed by atoms with E-state index in [1.807, 2.05) is 20.8 Å². The number of hydrogen-bond donors (Lipinski definition) is 0. The van der Waals surface area contributed by atoms with E-state index >= 15 is 0 Å². The van der Waals surface area contributed by atoms with Crippen LogP contribution >= 0.6 is 0 Å². The van der Waals surface area contributed by atoms with Gasteiger partial charge < -0.3 is 9.47 Å². The Balaban J connectivity index is 2.49. The third kappa shape index (κ3) is 1.86. The molecule has 0 aromatic rings. The maximum atomic E-state index is 12.7. The van der Waals surface area contributed by atoms with Crippen LogP contribution in [0.25, 0.3) is 0 Å². The second-order valence-electron chi connectivity index (χ2n) is 7.14. The Labute approximate surface area is 119 Å². The molecule has 0 radical (unpaired) electrons. The number of carbonyl (C=O) groups excluding carboxylic acids is 3. The molecule has 0 spiro atoms. The molecule has 1 aliphatic heterocycles. The zero-order valence-corrected chi connectivity index (χ0v) is 12.7. The minimum absolute atomic E-state index is 0.00458. The topological polar surface area (TPSA) is 69.7 Å². The number of ketones is 1. The van der Waals surface area contributed by atoms with Gasteiger partial charge in [-0.3, -0.25) is 14.4 Å². The minimum atomic E-state index is -0.924. The third-order valence-electron chi connectivity index (χ3n) is 5.27. The first kappa shape index (κ1) is 15.0. The van der Waals surface area contributed by atoms with Gasteiger partial charge >= 0.3 is 11.9 Å². The molecule has 0 unspecified atom stereocenters. The van der Waals surface area contributed by atoms with Crippen molar-refractivity contribution in [3.05, 3.63) is 0 Å². The lowest BCUT2D eigenvalue weighted by Gasteiger charge is -2.53.